The van der Waals surface area contributed by atoms with E-state index in [1.165, 1.54) is 6.08 Å². The van der Waals surface area contributed by atoms with Crippen LogP contribution in [-0.4, -0.2) is 23.7 Å². The Kier molecular flexibility index (Phi) is 5.39. The molecule has 0 atom stereocenters. The molecule has 0 saturated heterocycles. The van der Waals surface area contributed by atoms with Gasteiger partial charge in [0.2, 0.25) is 0 Å². The molecule has 0 aliphatic carbocycles. The van der Waals surface area contributed by atoms with Crippen molar-refractivity contribution in [1.29, 1.82) is 0 Å². The van der Waals surface area contributed by atoms with E-state index in [1.54, 1.807) is 31.2 Å². The average Bonchev–Trinajstić information content (AvgIpc) is 2.31. The molecule has 5 heteroatoms. The van der Waals surface area contributed by atoms with E-state index in [0.717, 1.165) is 0 Å². The molecule has 0 heterocycles. The lowest BCUT2D eigenvalue weighted by molar-refractivity contribution is -0.142. The van der Waals surface area contributed by atoms with Crippen LogP contribution in [0.1, 0.15) is 18.9 Å². The molecular weight excluding hydrogens is 256 g/mol. The minimum absolute atomic E-state index is 0.103. The number of carbonyl (C=O) groups excluding carboxylic acids is 1. The number of hydrogen-bond donors (Lipinski definition) is 1. The molecule has 1 N–H and O–H groups in total. The molecule has 0 unspecified atom stereocenters. The fraction of sp³-hybridized carbons (Fsp3) is 0.231. The number of halogens is 1. The van der Waals surface area contributed by atoms with Crippen molar-refractivity contribution < 1.29 is 19.4 Å². The third-order valence-corrected chi connectivity index (χ3v) is 2.34. The normalized spacial score (nSPS) is 11.1. The zero-order valence-electron chi connectivity index (χ0n) is 9.85. The Morgan fingerprint density at radius 2 is 1.94 bits per heavy atom. The summed E-state index contributed by atoms with van der Waals surface area (Å²) in [7, 11) is 0. The summed E-state index contributed by atoms with van der Waals surface area (Å²) in [5, 5.41) is 9.33. The van der Waals surface area contributed by atoms with Crippen molar-refractivity contribution in [3.05, 3.63) is 40.4 Å². The van der Waals surface area contributed by atoms with Gasteiger partial charge in [0.25, 0.3) is 0 Å². The van der Waals surface area contributed by atoms with Crippen LogP contribution < -0.4 is 0 Å². The van der Waals surface area contributed by atoms with Gasteiger partial charge in [-0.15, -0.1) is 0 Å². The van der Waals surface area contributed by atoms with E-state index in [0.29, 0.717) is 10.6 Å². The number of ether oxygens (including phenoxy) is 1. The van der Waals surface area contributed by atoms with Crippen molar-refractivity contribution in [2.75, 3.05) is 6.61 Å². The Morgan fingerprint density at radius 3 is 2.44 bits per heavy atom. The van der Waals surface area contributed by atoms with E-state index in [9.17, 15) is 9.59 Å². The minimum Gasteiger partial charge on any atom is -0.481 e. The van der Waals surface area contributed by atoms with Gasteiger partial charge in [-0.1, -0.05) is 23.7 Å². The number of carbonyl (C=O) groups is 2. The zero-order valence-corrected chi connectivity index (χ0v) is 10.6. The van der Waals surface area contributed by atoms with Crippen molar-refractivity contribution in [1.82, 2.24) is 0 Å². The molecular formula is C13H13ClO4. The first-order valence-electron chi connectivity index (χ1n) is 5.38. The van der Waals surface area contributed by atoms with Gasteiger partial charge in [0.15, 0.2) is 0 Å². The van der Waals surface area contributed by atoms with Gasteiger partial charge in [0.1, 0.15) is 0 Å². The SMILES string of the molecule is CCOC(=O)C(=Cc1ccc(Cl)cc1)CC(=O)O. The van der Waals surface area contributed by atoms with Crippen molar-refractivity contribution in [3.8, 4) is 0 Å². The maximum Gasteiger partial charge on any atom is 0.334 e. The van der Waals surface area contributed by atoms with Crippen molar-refractivity contribution in [3.63, 3.8) is 0 Å². The number of aliphatic carboxylic acids is 1. The maximum absolute atomic E-state index is 11.6. The second kappa shape index (κ2) is 6.81. The summed E-state index contributed by atoms with van der Waals surface area (Å²) >= 11 is 5.74. The van der Waals surface area contributed by atoms with Crippen LogP contribution in [0.3, 0.4) is 0 Å². The Balaban J connectivity index is 2.97. The fourth-order valence-corrected chi connectivity index (χ4v) is 1.46. The number of esters is 1. The van der Waals surface area contributed by atoms with Crippen LogP contribution in [-0.2, 0) is 14.3 Å². The highest BCUT2D eigenvalue weighted by Gasteiger charge is 2.14. The summed E-state index contributed by atoms with van der Waals surface area (Å²) in [5.74, 6) is -1.70. The predicted molar refractivity (Wildman–Crippen MR) is 68.3 cm³/mol. The van der Waals surface area contributed by atoms with Gasteiger partial charge >= 0.3 is 11.9 Å². The average molecular weight is 269 g/mol. The number of rotatable bonds is 5. The summed E-state index contributed by atoms with van der Waals surface area (Å²) in [6.45, 7) is 1.87. The van der Waals surface area contributed by atoms with E-state index < -0.39 is 11.9 Å². The number of carboxylic acid groups (broad SMARTS) is 1. The van der Waals surface area contributed by atoms with Crippen LogP contribution in [0.2, 0.25) is 5.02 Å². The Bertz CT molecular complexity index is 462. The molecule has 18 heavy (non-hydrogen) atoms. The predicted octanol–water partition coefficient (Wildman–Crippen LogP) is 2.76. The highest BCUT2D eigenvalue weighted by atomic mass is 35.5. The van der Waals surface area contributed by atoms with Gasteiger partial charge in [0.05, 0.1) is 13.0 Å². The monoisotopic (exact) mass is 268 g/mol. The highest BCUT2D eigenvalue weighted by molar-refractivity contribution is 6.30. The molecule has 1 aromatic carbocycles. The molecule has 0 bridgehead atoms. The third-order valence-electron chi connectivity index (χ3n) is 2.09. The Morgan fingerprint density at radius 1 is 1.33 bits per heavy atom. The second-order valence-electron chi connectivity index (χ2n) is 3.51. The Labute approximate surface area is 110 Å². The first-order chi connectivity index (χ1) is 8.52. The Hall–Kier alpha value is -1.81. The van der Waals surface area contributed by atoms with Crippen LogP contribution in [0.25, 0.3) is 6.08 Å². The largest absolute Gasteiger partial charge is 0.481 e. The zero-order chi connectivity index (χ0) is 13.5. The first kappa shape index (κ1) is 14.3. The summed E-state index contributed by atoms with van der Waals surface area (Å²) in [6.07, 6.45) is 1.11. The lowest BCUT2D eigenvalue weighted by Gasteiger charge is -2.05. The highest BCUT2D eigenvalue weighted by Crippen LogP contribution is 2.15. The molecule has 0 saturated carbocycles. The van der Waals surface area contributed by atoms with Gasteiger partial charge in [0, 0.05) is 10.6 Å². The van der Waals surface area contributed by atoms with E-state index in [-0.39, 0.29) is 18.6 Å². The number of carboxylic acids is 1. The van der Waals surface area contributed by atoms with Gasteiger partial charge in [-0.2, -0.15) is 0 Å². The summed E-state index contributed by atoms with van der Waals surface area (Å²) in [6, 6.07) is 6.72. The minimum atomic E-state index is -1.08. The third kappa shape index (κ3) is 4.59. The molecule has 0 fully saturated rings. The summed E-state index contributed by atoms with van der Waals surface area (Å²) in [5.41, 5.74) is 0.801. The van der Waals surface area contributed by atoms with E-state index >= 15 is 0 Å². The van der Waals surface area contributed by atoms with Crippen LogP contribution in [0.5, 0.6) is 0 Å². The molecule has 0 spiro atoms. The van der Waals surface area contributed by atoms with Crippen LogP contribution in [0.15, 0.2) is 29.8 Å². The van der Waals surface area contributed by atoms with E-state index in [2.05, 4.69) is 0 Å². The lowest BCUT2D eigenvalue weighted by atomic mass is 10.1. The van der Waals surface area contributed by atoms with Crippen LogP contribution >= 0.6 is 11.6 Å². The standard InChI is InChI=1S/C13H13ClO4/c1-2-18-13(17)10(8-12(15)16)7-9-3-5-11(14)6-4-9/h3-7H,2,8H2,1H3,(H,15,16). The molecule has 1 aromatic rings. The molecule has 0 aliphatic heterocycles. The molecule has 0 amide bonds. The molecule has 4 nitrogen and oxygen atoms in total. The molecule has 1 rings (SSSR count). The van der Waals surface area contributed by atoms with Gasteiger partial charge in [-0.3, -0.25) is 4.79 Å². The van der Waals surface area contributed by atoms with E-state index in [4.69, 9.17) is 21.4 Å². The van der Waals surface area contributed by atoms with Gasteiger partial charge < -0.3 is 9.84 Å². The van der Waals surface area contributed by atoms with E-state index in [1.807, 2.05) is 0 Å². The number of hydrogen-bond acceptors (Lipinski definition) is 3. The number of benzene rings is 1. The van der Waals surface area contributed by atoms with Crippen molar-refractivity contribution >= 4 is 29.6 Å². The summed E-state index contributed by atoms with van der Waals surface area (Å²) < 4.78 is 4.80. The van der Waals surface area contributed by atoms with Gasteiger partial charge in [-0.05, 0) is 30.7 Å². The van der Waals surface area contributed by atoms with Crippen LogP contribution in [0.4, 0.5) is 0 Å². The maximum atomic E-state index is 11.6. The summed E-state index contributed by atoms with van der Waals surface area (Å²) in [4.78, 5) is 22.3. The van der Waals surface area contributed by atoms with Crippen LogP contribution in [0, 0.1) is 0 Å². The molecule has 0 aromatic heterocycles. The first-order valence-corrected chi connectivity index (χ1v) is 5.75. The smallest absolute Gasteiger partial charge is 0.334 e. The fourth-order valence-electron chi connectivity index (χ4n) is 1.33. The topological polar surface area (TPSA) is 63.6 Å². The van der Waals surface area contributed by atoms with Gasteiger partial charge in [-0.25, -0.2) is 4.79 Å². The molecule has 96 valence electrons. The van der Waals surface area contributed by atoms with Crippen molar-refractivity contribution in [2.24, 2.45) is 0 Å². The lowest BCUT2D eigenvalue weighted by Crippen LogP contribution is -2.11. The molecule has 0 radical (unpaired) electrons. The van der Waals surface area contributed by atoms with Crippen molar-refractivity contribution in [2.45, 2.75) is 13.3 Å². The quantitative estimate of drug-likeness (QED) is 0.659. The second-order valence-corrected chi connectivity index (χ2v) is 3.95. The molecule has 0 aliphatic rings.